The van der Waals surface area contributed by atoms with E-state index in [1.807, 2.05) is 24.3 Å². The maximum Gasteiger partial charge on any atom is 0.290 e. The van der Waals surface area contributed by atoms with E-state index in [9.17, 15) is 9.59 Å². The topological polar surface area (TPSA) is 106 Å². The molecule has 4 rings (SSSR count). The second-order valence-electron chi connectivity index (χ2n) is 7.71. The number of aromatic nitrogens is 2. The molecule has 3 N–H and O–H groups in total. The van der Waals surface area contributed by atoms with Crippen LogP contribution in [0.3, 0.4) is 0 Å². The fourth-order valence-electron chi connectivity index (χ4n) is 3.73. The first kappa shape index (κ1) is 19.8. The molecular formula is C22H25N5O3. The third-order valence-corrected chi connectivity index (χ3v) is 5.24. The summed E-state index contributed by atoms with van der Waals surface area (Å²) in [5.41, 5.74) is 7.49. The highest BCUT2D eigenvalue weighted by molar-refractivity contribution is 5.90. The molecule has 8 nitrogen and oxygen atoms in total. The highest BCUT2D eigenvalue weighted by Gasteiger charge is 2.17. The van der Waals surface area contributed by atoms with Gasteiger partial charge < -0.3 is 20.4 Å². The Bertz CT molecular complexity index is 1070. The molecule has 0 unspecified atom stereocenters. The van der Waals surface area contributed by atoms with Gasteiger partial charge in [0.05, 0.1) is 6.26 Å². The molecule has 1 saturated heterocycles. The van der Waals surface area contributed by atoms with E-state index in [2.05, 4.69) is 22.2 Å². The summed E-state index contributed by atoms with van der Waals surface area (Å²) in [7, 11) is 0. The Hall–Kier alpha value is -3.55. The van der Waals surface area contributed by atoms with Crippen LogP contribution in [0.25, 0.3) is 11.5 Å². The summed E-state index contributed by atoms with van der Waals surface area (Å²) in [4.78, 5) is 27.1. The smallest absolute Gasteiger partial charge is 0.290 e. The molecule has 1 aliphatic rings. The number of benzene rings is 1. The second-order valence-corrected chi connectivity index (χ2v) is 7.71. The molecule has 30 heavy (non-hydrogen) atoms. The molecule has 156 valence electrons. The fraction of sp³-hybridized carbons (Fsp3) is 0.318. The predicted molar refractivity (Wildman–Crippen MR) is 116 cm³/mol. The van der Waals surface area contributed by atoms with Crippen molar-refractivity contribution in [2.75, 3.05) is 29.0 Å². The van der Waals surface area contributed by atoms with Crippen LogP contribution in [-0.4, -0.2) is 28.8 Å². The molecule has 8 heteroatoms. The number of carbonyl (C=O) groups excluding carboxylic acids is 1. The van der Waals surface area contributed by atoms with Crippen LogP contribution in [0.15, 0.2) is 57.9 Å². The van der Waals surface area contributed by atoms with Gasteiger partial charge in [-0.25, -0.2) is 4.68 Å². The molecule has 1 amide bonds. The van der Waals surface area contributed by atoms with E-state index in [0.29, 0.717) is 23.1 Å². The molecule has 1 atom stereocenters. The third-order valence-electron chi connectivity index (χ3n) is 5.24. The first-order valence-electron chi connectivity index (χ1n) is 10.1. The lowest BCUT2D eigenvalue weighted by molar-refractivity contribution is -0.117. The lowest BCUT2D eigenvalue weighted by Gasteiger charge is -2.32. The largest absolute Gasteiger partial charge is 0.463 e. The molecule has 0 bridgehead atoms. The summed E-state index contributed by atoms with van der Waals surface area (Å²) in [6.07, 6.45) is 3.97. The predicted octanol–water partition coefficient (Wildman–Crippen LogP) is 2.96. The number of hydrogen-bond acceptors (Lipinski definition) is 6. The Labute approximate surface area is 174 Å². The van der Waals surface area contributed by atoms with Crippen molar-refractivity contribution in [1.29, 1.82) is 0 Å². The van der Waals surface area contributed by atoms with E-state index >= 15 is 0 Å². The number of amides is 1. The van der Waals surface area contributed by atoms with Gasteiger partial charge in [0.2, 0.25) is 5.91 Å². The second kappa shape index (κ2) is 8.44. The quantitative estimate of drug-likeness (QED) is 0.673. The van der Waals surface area contributed by atoms with Crippen LogP contribution in [0.4, 0.5) is 17.1 Å². The van der Waals surface area contributed by atoms with Gasteiger partial charge in [-0.3, -0.25) is 9.59 Å². The van der Waals surface area contributed by atoms with Crippen molar-refractivity contribution in [1.82, 2.24) is 9.78 Å². The number of hydrogen-bond donors (Lipinski definition) is 2. The van der Waals surface area contributed by atoms with Gasteiger partial charge in [-0.15, -0.1) is 0 Å². The highest BCUT2D eigenvalue weighted by atomic mass is 16.3. The van der Waals surface area contributed by atoms with Crippen molar-refractivity contribution >= 4 is 23.0 Å². The molecule has 0 spiro atoms. The fourth-order valence-corrected chi connectivity index (χ4v) is 3.73. The van der Waals surface area contributed by atoms with Gasteiger partial charge in [0.15, 0.2) is 5.76 Å². The standard InChI is InChI=1S/C22H25N5O3/c1-15-4-2-10-26(13-15)17-8-6-16(7-9-17)24-21(28)14-27-22(29)18(23)12-19(25-27)20-5-3-11-30-20/h3,5-9,11-12,15H,2,4,10,13-14,23H2,1H3,(H,24,28)/t15-/m0/s1. The van der Waals surface area contributed by atoms with Crippen LogP contribution in [0.1, 0.15) is 19.8 Å². The van der Waals surface area contributed by atoms with E-state index in [1.165, 1.54) is 25.2 Å². The van der Waals surface area contributed by atoms with Crippen LogP contribution in [0, 0.1) is 5.92 Å². The summed E-state index contributed by atoms with van der Waals surface area (Å²) >= 11 is 0. The summed E-state index contributed by atoms with van der Waals surface area (Å²) in [5.74, 6) is 0.798. The third kappa shape index (κ3) is 4.37. The van der Waals surface area contributed by atoms with Gasteiger partial charge in [-0.2, -0.15) is 5.10 Å². The SMILES string of the molecule is C[C@H]1CCCN(c2ccc(NC(=O)Cn3nc(-c4ccco4)cc(N)c3=O)cc2)C1. The van der Waals surface area contributed by atoms with Crippen molar-refractivity contribution in [2.24, 2.45) is 5.92 Å². The summed E-state index contributed by atoms with van der Waals surface area (Å²) < 4.78 is 6.35. The highest BCUT2D eigenvalue weighted by Crippen LogP contribution is 2.24. The Morgan fingerprint density at radius 1 is 1.30 bits per heavy atom. The lowest BCUT2D eigenvalue weighted by atomic mass is 10.00. The number of furan rings is 1. The van der Waals surface area contributed by atoms with Crippen LogP contribution < -0.4 is 21.5 Å². The van der Waals surface area contributed by atoms with E-state index in [-0.39, 0.29) is 18.1 Å². The Kier molecular flexibility index (Phi) is 5.56. The van der Waals surface area contributed by atoms with Gasteiger partial charge >= 0.3 is 0 Å². The monoisotopic (exact) mass is 407 g/mol. The zero-order valence-corrected chi connectivity index (χ0v) is 16.9. The zero-order valence-electron chi connectivity index (χ0n) is 16.9. The summed E-state index contributed by atoms with van der Waals surface area (Å²) in [5, 5.41) is 7.01. The van der Waals surface area contributed by atoms with E-state index < -0.39 is 5.56 Å². The molecule has 0 saturated carbocycles. The number of rotatable bonds is 5. The normalized spacial score (nSPS) is 16.4. The minimum Gasteiger partial charge on any atom is -0.463 e. The number of nitrogen functional groups attached to an aromatic ring is 1. The van der Waals surface area contributed by atoms with E-state index in [0.717, 1.165) is 23.5 Å². The Morgan fingerprint density at radius 3 is 2.80 bits per heavy atom. The van der Waals surface area contributed by atoms with Gasteiger partial charge in [-0.1, -0.05) is 6.92 Å². The van der Waals surface area contributed by atoms with Crippen molar-refractivity contribution in [2.45, 2.75) is 26.3 Å². The maximum atomic E-state index is 12.5. The Morgan fingerprint density at radius 2 is 2.10 bits per heavy atom. The average Bonchev–Trinajstić information content (AvgIpc) is 3.27. The molecule has 1 aromatic carbocycles. The van der Waals surface area contributed by atoms with Gasteiger partial charge in [0, 0.05) is 24.5 Å². The summed E-state index contributed by atoms with van der Waals surface area (Å²) in [6, 6.07) is 12.6. The number of nitrogens with one attached hydrogen (secondary N) is 1. The molecule has 0 aliphatic carbocycles. The molecule has 3 aromatic rings. The van der Waals surface area contributed by atoms with Crippen LogP contribution in [-0.2, 0) is 11.3 Å². The number of nitrogens with zero attached hydrogens (tertiary/aromatic N) is 3. The average molecular weight is 407 g/mol. The van der Waals surface area contributed by atoms with Crippen molar-refractivity contribution in [3.63, 3.8) is 0 Å². The van der Waals surface area contributed by atoms with Gasteiger partial charge in [0.1, 0.15) is 17.9 Å². The van der Waals surface area contributed by atoms with Crippen molar-refractivity contribution in [3.05, 3.63) is 59.1 Å². The number of piperidine rings is 1. The number of nitrogens with two attached hydrogens (primary N) is 1. The molecule has 1 aliphatic heterocycles. The first-order chi connectivity index (χ1) is 14.5. The maximum absolute atomic E-state index is 12.5. The summed E-state index contributed by atoms with van der Waals surface area (Å²) in [6.45, 7) is 4.12. The van der Waals surface area contributed by atoms with Gasteiger partial charge in [-0.05, 0) is 61.2 Å². The number of carbonyl (C=O) groups is 1. The van der Waals surface area contributed by atoms with E-state index in [1.54, 1.807) is 12.1 Å². The number of anilines is 3. The zero-order chi connectivity index (χ0) is 21.1. The molecule has 2 aromatic heterocycles. The van der Waals surface area contributed by atoms with E-state index in [4.69, 9.17) is 10.2 Å². The molecule has 0 radical (unpaired) electrons. The van der Waals surface area contributed by atoms with Crippen molar-refractivity contribution < 1.29 is 9.21 Å². The lowest BCUT2D eigenvalue weighted by Crippen LogP contribution is -2.34. The van der Waals surface area contributed by atoms with Crippen LogP contribution in [0.5, 0.6) is 0 Å². The van der Waals surface area contributed by atoms with Crippen LogP contribution in [0.2, 0.25) is 0 Å². The van der Waals surface area contributed by atoms with Crippen molar-refractivity contribution in [3.8, 4) is 11.5 Å². The minimum absolute atomic E-state index is 0.00399. The minimum atomic E-state index is -0.518. The van der Waals surface area contributed by atoms with Gasteiger partial charge in [0.25, 0.3) is 5.56 Å². The van der Waals surface area contributed by atoms with Crippen LogP contribution >= 0.6 is 0 Å². The molecule has 1 fully saturated rings. The first-order valence-corrected chi connectivity index (χ1v) is 10.1. The Balaban J connectivity index is 1.44. The molecular weight excluding hydrogens is 382 g/mol. The molecule has 3 heterocycles.